The number of carboxylic acid groups (broad SMARTS) is 1. The molecule has 4 aromatic rings. The molecule has 1 heterocycles. The van der Waals surface area contributed by atoms with Crippen molar-refractivity contribution in [3.05, 3.63) is 107 Å². The molecule has 1 aliphatic rings. The Morgan fingerprint density at radius 1 is 0.812 bits per heavy atom. The van der Waals surface area contributed by atoms with Crippen molar-refractivity contribution in [1.29, 1.82) is 0 Å². The van der Waals surface area contributed by atoms with E-state index >= 15 is 0 Å². The highest BCUT2D eigenvalue weighted by atomic mass is 16.5. The molecule has 10 N–H and O–H groups in total. The maximum Gasteiger partial charge on any atom is 0.290 e. The molecule has 0 aliphatic carbocycles. The number of carbonyl (C=O) groups excluding carboxylic acids is 4. The van der Waals surface area contributed by atoms with Crippen molar-refractivity contribution in [2.24, 2.45) is 17.2 Å². The Bertz CT molecular complexity index is 2140. The van der Waals surface area contributed by atoms with Gasteiger partial charge in [-0.15, -0.1) is 0 Å². The van der Waals surface area contributed by atoms with Gasteiger partial charge < -0.3 is 52.6 Å². The third kappa shape index (κ3) is 15.2. The van der Waals surface area contributed by atoms with Gasteiger partial charge in [0, 0.05) is 42.9 Å². The highest BCUT2D eigenvalue weighted by molar-refractivity contribution is 5.98. The molecule has 4 amide bonds. The van der Waals surface area contributed by atoms with Crippen molar-refractivity contribution in [3.8, 4) is 33.8 Å². The van der Waals surface area contributed by atoms with Gasteiger partial charge in [-0.05, 0) is 103 Å². The van der Waals surface area contributed by atoms with Crippen LogP contribution < -0.4 is 42.6 Å². The Balaban J connectivity index is 0.00000125. The van der Waals surface area contributed by atoms with Crippen LogP contribution in [0.15, 0.2) is 84.9 Å². The van der Waals surface area contributed by atoms with E-state index in [-0.39, 0.29) is 50.1 Å². The van der Waals surface area contributed by atoms with Gasteiger partial charge in [0.25, 0.3) is 12.4 Å². The average molecular weight is 882 g/mol. The van der Waals surface area contributed by atoms with E-state index in [2.05, 4.69) is 67.9 Å². The second-order valence-corrected chi connectivity index (χ2v) is 16.4. The van der Waals surface area contributed by atoms with Gasteiger partial charge in [-0.25, -0.2) is 0 Å². The lowest BCUT2D eigenvalue weighted by molar-refractivity contribution is -0.139. The summed E-state index contributed by atoms with van der Waals surface area (Å²) in [7, 11) is 1.49. The van der Waals surface area contributed by atoms with E-state index in [4.69, 9.17) is 36.6 Å². The zero-order valence-corrected chi connectivity index (χ0v) is 38.2. The number of rotatable bonds is 13. The van der Waals surface area contributed by atoms with Crippen molar-refractivity contribution in [1.82, 2.24) is 20.9 Å². The molecular weight excluding hydrogens is 815 g/mol. The summed E-state index contributed by atoms with van der Waals surface area (Å²) in [5, 5.41) is 15.4. The number of nitrogens with two attached hydrogens (primary N) is 3. The van der Waals surface area contributed by atoms with Crippen molar-refractivity contribution in [3.63, 3.8) is 0 Å². The van der Waals surface area contributed by atoms with Crippen LogP contribution in [0.25, 0.3) is 22.3 Å². The number of unbranched alkanes of at least 4 members (excludes halogenated alkanes) is 1. The minimum Gasteiger partial charge on any atom is -0.492 e. The summed E-state index contributed by atoms with van der Waals surface area (Å²) in [6.07, 6.45) is 2.90. The lowest BCUT2D eigenvalue weighted by atomic mass is 9.86. The fraction of sp³-hybridized carbons (Fsp3) is 0.408. The fourth-order valence-electron chi connectivity index (χ4n) is 6.82. The summed E-state index contributed by atoms with van der Waals surface area (Å²) in [4.78, 5) is 64.0. The minimum atomic E-state index is -1.20. The SMILES string of the molecule is CC1Cc2ccc(OCCN)c(c2)-c2cc(ccc2OCCN)C(N(C)C(=O)CNC(=O)c2ccc(-c3ccc(C(C)(C)C)cc3)cc2)C(=O)N[C@@H](C)C(=O)N1.CCCCN.O=CO. The molecule has 1 aliphatic heterocycles. The minimum absolute atomic E-state index is 0.0407. The third-order valence-electron chi connectivity index (χ3n) is 10.3. The van der Waals surface area contributed by atoms with Crippen molar-refractivity contribution >= 4 is 30.1 Å². The molecule has 346 valence electrons. The predicted octanol–water partition coefficient (Wildman–Crippen LogP) is 4.93. The van der Waals surface area contributed by atoms with E-state index in [9.17, 15) is 19.2 Å². The monoisotopic (exact) mass is 882 g/mol. The van der Waals surface area contributed by atoms with Crippen LogP contribution in [-0.2, 0) is 31.0 Å². The Morgan fingerprint density at radius 2 is 1.36 bits per heavy atom. The summed E-state index contributed by atoms with van der Waals surface area (Å²) < 4.78 is 12.1. The third-order valence-corrected chi connectivity index (χ3v) is 10.3. The van der Waals surface area contributed by atoms with Crippen LogP contribution in [0.2, 0.25) is 0 Å². The van der Waals surface area contributed by atoms with Crippen molar-refractivity contribution in [2.75, 3.05) is 46.4 Å². The molecule has 0 saturated carbocycles. The Labute approximate surface area is 377 Å². The van der Waals surface area contributed by atoms with E-state index in [0.29, 0.717) is 46.7 Å². The number of amides is 4. The molecule has 0 saturated heterocycles. The fourth-order valence-corrected chi connectivity index (χ4v) is 6.82. The summed E-state index contributed by atoms with van der Waals surface area (Å²) in [5.41, 5.74) is 23.0. The molecule has 0 aromatic heterocycles. The number of nitrogens with zero attached hydrogens (tertiary/aromatic N) is 1. The predicted molar refractivity (Wildman–Crippen MR) is 251 cm³/mol. The van der Waals surface area contributed by atoms with Gasteiger partial charge in [-0.3, -0.25) is 24.0 Å². The van der Waals surface area contributed by atoms with Gasteiger partial charge in [0.1, 0.15) is 36.8 Å². The molecule has 5 rings (SSSR count). The highest BCUT2D eigenvalue weighted by Gasteiger charge is 2.32. The zero-order chi connectivity index (χ0) is 47.4. The molecule has 15 nitrogen and oxygen atoms in total. The average Bonchev–Trinajstić information content (AvgIpc) is 3.27. The molecule has 2 unspecified atom stereocenters. The molecule has 4 bridgehead atoms. The van der Waals surface area contributed by atoms with E-state index in [0.717, 1.165) is 23.2 Å². The largest absolute Gasteiger partial charge is 0.492 e. The second kappa shape index (κ2) is 25.7. The molecule has 0 radical (unpaired) electrons. The van der Waals surface area contributed by atoms with Gasteiger partial charge in [-0.2, -0.15) is 0 Å². The van der Waals surface area contributed by atoms with Crippen LogP contribution in [0.3, 0.4) is 0 Å². The van der Waals surface area contributed by atoms with E-state index < -0.39 is 29.8 Å². The molecule has 3 atom stereocenters. The number of benzene rings is 4. The topological polar surface area (TPSA) is 241 Å². The van der Waals surface area contributed by atoms with E-state index in [1.54, 1.807) is 37.3 Å². The number of fused-ring (bicyclic) bond motifs is 5. The molecule has 4 aromatic carbocycles. The van der Waals surface area contributed by atoms with Gasteiger partial charge >= 0.3 is 0 Å². The second-order valence-electron chi connectivity index (χ2n) is 16.4. The Hall–Kier alpha value is -6.29. The summed E-state index contributed by atoms with van der Waals surface area (Å²) in [6, 6.07) is 24.1. The van der Waals surface area contributed by atoms with Gasteiger partial charge in [-0.1, -0.05) is 82.6 Å². The maximum absolute atomic E-state index is 14.1. The van der Waals surface area contributed by atoms with Crippen LogP contribution in [0.4, 0.5) is 0 Å². The Morgan fingerprint density at radius 3 is 1.88 bits per heavy atom. The molecular formula is C49H67N7O8. The standard InChI is InChI=1S/C44H54N6O6.C4H11N.CH2O2/c1-27-23-29-7-17-37(55-21-19-45)35(24-29)36-25-33(14-18-38(36)56-22-20-46)40(43(54)49-28(2)41(52)48-27)50(6)39(51)26-47-42(53)32-10-8-30(9-11-32)31-12-15-34(16-13-31)44(3,4)5;1-2-3-4-5;2-1-3/h7-18,24-25,27-28,40H,19-23,26,45-46H2,1-6H3,(H,47,53)(H,48,52)(H,49,54);2-5H2,1H3;1H,(H,2,3)/t27?,28-,40?;;/m0../s1. The molecule has 0 fully saturated rings. The normalized spacial score (nSPS) is 15.9. The lowest BCUT2D eigenvalue weighted by Crippen LogP contribution is -2.52. The van der Waals surface area contributed by atoms with Crippen molar-refractivity contribution in [2.45, 2.75) is 84.3 Å². The molecule has 15 heteroatoms. The number of ether oxygens (including phenoxy) is 2. The zero-order valence-electron chi connectivity index (χ0n) is 38.2. The first kappa shape index (κ1) is 52.1. The summed E-state index contributed by atoms with van der Waals surface area (Å²) in [6.45, 7) is 13.4. The molecule has 64 heavy (non-hydrogen) atoms. The maximum atomic E-state index is 14.1. The van der Waals surface area contributed by atoms with Crippen molar-refractivity contribution < 1.29 is 38.6 Å². The number of likely N-dealkylation sites (N-methyl/N-ethyl adjacent to an activating group) is 1. The Kier molecular flexibility index (Phi) is 20.9. The summed E-state index contributed by atoms with van der Waals surface area (Å²) in [5.74, 6) is -0.870. The van der Waals surface area contributed by atoms with E-state index in [1.165, 1.54) is 30.4 Å². The van der Waals surface area contributed by atoms with Crippen LogP contribution in [0.1, 0.15) is 87.5 Å². The van der Waals surface area contributed by atoms with Crippen LogP contribution >= 0.6 is 0 Å². The highest BCUT2D eigenvalue weighted by Crippen LogP contribution is 2.40. The van der Waals surface area contributed by atoms with Gasteiger partial charge in [0.15, 0.2) is 0 Å². The van der Waals surface area contributed by atoms with Crippen LogP contribution in [0, 0.1) is 0 Å². The van der Waals surface area contributed by atoms with Gasteiger partial charge in [0.05, 0.1) is 6.54 Å². The number of carbonyl (C=O) groups is 5. The number of hydrogen-bond donors (Lipinski definition) is 7. The lowest BCUT2D eigenvalue weighted by Gasteiger charge is -2.30. The number of nitrogens with one attached hydrogen (secondary N) is 3. The summed E-state index contributed by atoms with van der Waals surface area (Å²) >= 11 is 0. The molecule has 0 spiro atoms. The quantitative estimate of drug-likeness (QED) is 0.0888. The number of hydrogen-bond acceptors (Lipinski definition) is 10. The first-order chi connectivity index (χ1) is 30.5. The van der Waals surface area contributed by atoms with E-state index in [1.807, 2.05) is 37.3 Å². The van der Waals surface area contributed by atoms with Gasteiger partial charge in [0.2, 0.25) is 17.7 Å². The van der Waals surface area contributed by atoms with Crippen LogP contribution in [-0.4, -0.2) is 98.6 Å². The van der Waals surface area contributed by atoms with Crippen LogP contribution in [0.5, 0.6) is 11.5 Å². The first-order valence-electron chi connectivity index (χ1n) is 21.6. The smallest absolute Gasteiger partial charge is 0.290 e. The first-order valence-corrected chi connectivity index (χ1v) is 21.6.